The summed E-state index contributed by atoms with van der Waals surface area (Å²) in [4.78, 5) is 31.7. The molecule has 0 radical (unpaired) electrons. The zero-order valence-corrected chi connectivity index (χ0v) is 22.1. The molecular formula is C27H39N7O. The summed E-state index contributed by atoms with van der Waals surface area (Å²) >= 11 is 0. The molecule has 0 bridgehead atoms. The highest BCUT2D eigenvalue weighted by Crippen LogP contribution is 2.45. The third kappa shape index (κ3) is 5.42. The third-order valence-corrected chi connectivity index (χ3v) is 8.12. The monoisotopic (exact) mass is 477 g/mol. The van der Waals surface area contributed by atoms with E-state index in [4.69, 9.17) is 4.98 Å². The van der Waals surface area contributed by atoms with Gasteiger partial charge in [-0.05, 0) is 83.9 Å². The van der Waals surface area contributed by atoms with Gasteiger partial charge in [0.15, 0.2) is 5.65 Å². The number of likely N-dealkylation sites (tertiary alicyclic amines) is 1. The van der Waals surface area contributed by atoms with Gasteiger partial charge in [0.05, 0.1) is 11.7 Å². The van der Waals surface area contributed by atoms with Crippen molar-refractivity contribution in [2.24, 2.45) is 17.6 Å². The van der Waals surface area contributed by atoms with Gasteiger partial charge in [0.25, 0.3) is 0 Å². The SMILES string of the molecule is Cc1ccc(C(C)(C)N2CC[C@@](CCCC(C)(C)N=O)(CCc3nc4ncncc4n3C)C2)cn1. The second-order valence-corrected chi connectivity index (χ2v) is 11.5. The first kappa shape index (κ1) is 25.4. The van der Waals surface area contributed by atoms with Gasteiger partial charge in [-0.25, -0.2) is 15.0 Å². The number of imidazole rings is 1. The van der Waals surface area contributed by atoms with Gasteiger partial charge >= 0.3 is 0 Å². The Labute approximate surface area is 208 Å². The van der Waals surface area contributed by atoms with Crippen LogP contribution < -0.4 is 0 Å². The highest BCUT2D eigenvalue weighted by atomic mass is 16.3. The molecule has 0 saturated carbocycles. The largest absolute Gasteiger partial charge is 0.328 e. The molecule has 35 heavy (non-hydrogen) atoms. The summed E-state index contributed by atoms with van der Waals surface area (Å²) in [5.41, 5.74) is 3.57. The summed E-state index contributed by atoms with van der Waals surface area (Å²) in [7, 11) is 2.05. The van der Waals surface area contributed by atoms with Crippen LogP contribution in [0.25, 0.3) is 11.2 Å². The summed E-state index contributed by atoms with van der Waals surface area (Å²) in [5, 5.41) is 3.34. The van der Waals surface area contributed by atoms with Crippen LogP contribution in [-0.2, 0) is 19.0 Å². The van der Waals surface area contributed by atoms with Crippen LogP contribution in [0, 0.1) is 17.2 Å². The normalized spacial score (nSPS) is 19.5. The van der Waals surface area contributed by atoms with Crippen LogP contribution in [0.1, 0.15) is 76.9 Å². The zero-order valence-electron chi connectivity index (χ0n) is 22.1. The lowest BCUT2D eigenvalue weighted by atomic mass is 9.76. The molecule has 4 rings (SSSR count). The molecule has 8 heteroatoms. The summed E-state index contributed by atoms with van der Waals surface area (Å²) < 4.78 is 2.12. The Hall–Kier alpha value is -2.74. The highest BCUT2D eigenvalue weighted by molar-refractivity contribution is 5.69. The Balaban J connectivity index is 1.54. The molecule has 3 aromatic rings. The average Bonchev–Trinajstić information content (AvgIpc) is 3.40. The van der Waals surface area contributed by atoms with E-state index in [0.717, 1.165) is 74.3 Å². The lowest BCUT2D eigenvalue weighted by Crippen LogP contribution is -2.41. The molecule has 0 N–H and O–H groups in total. The first-order valence-electron chi connectivity index (χ1n) is 12.7. The summed E-state index contributed by atoms with van der Waals surface area (Å²) in [5.74, 6) is 1.05. The van der Waals surface area contributed by atoms with Crippen LogP contribution in [0.3, 0.4) is 0 Å². The van der Waals surface area contributed by atoms with E-state index in [2.05, 4.69) is 55.6 Å². The van der Waals surface area contributed by atoms with Crippen molar-refractivity contribution < 1.29 is 0 Å². The fraction of sp³-hybridized carbons (Fsp3) is 0.630. The van der Waals surface area contributed by atoms with E-state index in [1.54, 1.807) is 6.33 Å². The van der Waals surface area contributed by atoms with Crippen molar-refractivity contribution in [3.8, 4) is 0 Å². The van der Waals surface area contributed by atoms with Crippen molar-refractivity contribution in [3.63, 3.8) is 0 Å². The summed E-state index contributed by atoms with van der Waals surface area (Å²) in [6, 6.07) is 4.31. The molecule has 1 atom stereocenters. The number of rotatable bonds is 10. The second-order valence-electron chi connectivity index (χ2n) is 11.5. The van der Waals surface area contributed by atoms with Crippen LogP contribution >= 0.6 is 0 Å². The van der Waals surface area contributed by atoms with Crippen molar-refractivity contribution in [3.05, 3.63) is 52.8 Å². The topological polar surface area (TPSA) is 89.2 Å². The van der Waals surface area contributed by atoms with E-state index >= 15 is 0 Å². The molecule has 1 aliphatic rings. The van der Waals surface area contributed by atoms with Gasteiger partial charge in [-0.3, -0.25) is 9.88 Å². The molecule has 188 valence electrons. The average molecular weight is 478 g/mol. The number of aryl methyl sites for hydroxylation is 3. The fourth-order valence-electron chi connectivity index (χ4n) is 5.47. The van der Waals surface area contributed by atoms with Crippen LogP contribution in [0.2, 0.25) is 0 Å². The maximum Gasteiger partial charge on any atom is 0.180 e. The van der Waals surface area contributed by atoms with Crippen molar-refractivity contribution >= 4 is 11.2 Å². The standard InChI is InChI=1S/C27H39N7O/c1-20-8-9-21(16-29-20)26(4,5)34-15-14-27(18-34,12-7-11-25(2,3)32-35)13-10-23-31-24-22(33(23)6)17-28-19-30-24/h8-9,16-17,19H,7,10-15,18H2,1-6H3/t27-/m1/s1. The zero-order chi connectivity index (χ0) is 25.3. The van der Waals surface area contributed by atoms with E-state index < -0.39 is 5.54 Å². The molecule has 8 nitrogen and oxygen atoms in total. The van der Waals surface area contributed by atoms with Crippen LogP contribution in [0.4, 0.5) is 0 Å². The first-order valence-corrected chi connectivity index (χ1v) is 12.7. The molecule has 0 spiro atoms. The second kappa shape index (κ2) is 9.72. The molecule has 1 aliphatic heterocycles. The van der Waals surface area contributed by atoms with Crippen molar-refractivity contribution in [1.82, 2.24) is 29.4 Å². The molecule has 4 heterocycles. The van der Waals surface area contributed by atoms with E-state index in [1.807, 2.05) is 40.2 Å². The van der Waals surface area contributed by atoms with E-state index in [9.17, 15) is 4.91 Å². The fourth-order valence-corrected chi connectivity index (χ4v) is 5.47. The number of hydrogen-bond donors (Lipinski definition) is 0. The van der Waals surface area contributed by atoms with Gasteiger partial charge in [0.1, 0.15) is 17.7 Å². The third-order valence-electron chi connectivity index (χ3n) is 8.12. The molecule has 0 aliphatic carbocycles. The van der Waals surface area contributed by atoms with E-state index in [-0.39, 0.29) is 11.0 Å². The lowest BCUT2D eigenvalue weighted by molar-refractivity contribution is 0.121. The predicted octanol–water partition coefficient (Wildman–Crippen LogP) is 5.34. The molecule has 0 aromatic carbocycles. The number of aromatic nitrogens is 5. The smallest absolute Gasteiger partial charge is 0.180 e. The Morgan fingerprint density at radius 1 is 1.11 bits per heavy atom. The Morgan fingerprint density at radius 2 is 1.91 bits per heavy atom. The maximum absolute atomic E-state index is 11.2. The molecular weight excluding hydrogens is 438 g/mol. The maximum atomic E-state index is 11.2. The van der Waals surface area contributed by atoms with Crippen LogP contribution in [-0.4, -0.2) is 48.0 Å². The molecule has 3 aromatic heterocycles. The first-order chi connectivity index (χ1) is 16.6. The van der Waals surface area contributed by atoms with Crippen molar-refractivity contribution in [2.75, 3.05) is 13.1 Å². The number of nitrogens with zero attached hydrogens (tertiary/aromatic N) is 7. The van der Waals surface area contributed by atoms with Gasteiger partial charge in [-0.15, -0.1) is 0 Å². The van der Waals surface area contributed by atoms with E-state index in [0.29, 0.717) is 0 Å². The number of fused-ring (bicyclic) bond motifs is 1. The Morgan fingerprint density at radius 3 is 2.60 bits per heavy atom. The minimum Gasteiger partial charge on any atom is -0.328 e. The Kier molecular flexibility index (Phi) is 7.04. The Bertz CT molecular complexity index is 1170. The molecule has 0 amide bonds. The van der Waals surface area contributed by atoms with Crippen LogP contribution in [0.15, 0.2) is 36.0 Å². The van der Waals surface area contributed by atoms with Gasteiger partial charge in [-0.2, -0.15) is 4.91 Å². The number of hydrogen-bond acceptors (Lipinski definition) is 7. The quantitative estimate of drug-likeness (QED) is 0.366. The number of pyridine rings is 1. The number of nitroso groups, excluding NO2 is 1. The van der Waals surface area contributed by atoms with Crippen molar-refractivity contribution in [2.45, 2.75) is 84.2 Å². The van der Waals surface area contributed by atoms with E-state index in [1.165, 1.54) is 5.56 Å². The predicted molar refractivity (Wildman–Crippen MR) is 139 cm³/mol. The highest BCUT2D eigenvalue weighted by Gasteiger charge is 2.43. The summed E-state index contributed by atoms with van der Waals surface area (Å²) in [6.07, 6.45) is 11.4. The van der Waals surface area contributed by atoms with Gasteiger partial charge in [0, 0.05) is 37.4 Å². The lowest BCUT2D eigenvalue weighted by Gasteiger charge is -2.38. The van der Waals surface area contributed by atoms with Gasteiger partial charge in [-0.1, -0.05) is 17.7 Å². The molecule has 1 saturated heterocycles. The van der Waals surface area contributed by atoms with Gasteiger partial charge < -0.3 is 4.57 Å². The molecule has 1 fully saturated rings. The minimum absolute atomic E-state index is 0.0977. The van der Waals surface area contributed by atoms with Crippen LogP contribution in [0.5, 0.6) is 0 Å². The minimum atomic E-state index is -0.512. The summed E-state index contributed by atoms with van der Waals surface area (Å²) in [6.45, 7) is 12.6. The van der Waals surface area contributed by atoms with Crippen molar-refractivity contribution in [1.29, 1.82) is 0 Å². The van der Waals surface area contributed by atoms with Gasteiger partial charge in [0.2, 0.25) is 0 Å². The molecule has 0 unspecified atom stereocenters.